The molecule has 2 unspecified atom stereocenters. The molecule has 120 valence electrons. The number of hydrogen-bond acceptors (Lipinski definition) is 5. The third-order valence-corrected chi connectivity index (χ3v) is 7.85. The van der Waals surface area contributed by atoms with Gasteiger partial charge in [0.15, 0.2) is 21.3 Å². The first kappa shape index (κ1) is 14.3. The second-order valence-electron chi connectivity index (χ2n) is 6.56. The zero-order chi connectivity index (χ0) is 15.4. The lowest BCUT2D eigenvalue weighted by atomic mass is 9.80. The van der Waals surface area contributed by atoms with Crippen molar-refractivity contribution in [1.82, 2.24) is 0 Å². The smallest absolute Gasteiger partial charge is 0.161 e. The first-order valence-corrected chi connectivity index (χ1v) is 9.45. The molecule has 1 aromatic carbocycles. The third-order valence-electron chi connectivity index (χ3n) is 5.19. The molecule has 2 saturated heterocycles. The van der Waals surface area contributed by atoms with Crippen molar-refractivity contribution >= 4 is 9.84 Å². The molecule has 3 aliphatic heterocycles. The second-order valence-corrected chi connectivity index (χ2v) is 9.07. The van der Waals surface area contributed by atoms with Crippen molar-refractivity contribution in [2.45, 2.75) is 48.2 Å². The molecule has 2 fully saturated rings. The Balaban J connectivity index is 1.70. The van der Waals surface area contributed by atoms with E-state index in [4.69, 9.17) is 9.47 Å². The quantitative estimate of drug-likeness (QED) is 0.852. The van der Waals surface area contributed by atoms with Crippen LogP contribution in [0.2, 0.25) is 0 Å². The monoisotopic (exact) mass is 324 g/mol. The van der Waals surface area contributed by atoms with E-state index < -0.39 is 25.9 Å². The Morgan fingerprint density at radius 2 is 1.68 bits per heavy atom. The van der Waals surface area contributed by atoms with Gasteiger partial charge in [-0.3, -0.25) is 0 Å². The maximum absolute atomic E-state index is 12.4. The average molecular weight is 324 g/mol. The largest absolute Gasteiger partial charge is 0.486 e. The lowest BCUT2D eigenvalue weighted by Crippen LogP contribution is -2.50. The molecule has 3 aliphatic rings. The fraction of sp³-hybridized carbons (Fsp3) is 0.625. The normalized spacial score (nSPS) is 35.9. The van der Waals surface area contributed by atoms with Gasteiger partial charge in [-0.25, -0.2) is 8.42 Å². The summed E-state index contributed by atoms with van der Waals surface area (Å²) in [6.45, 7) is 1.02. The molecule has 2 bridgehead atoms. The van der Waals surface area contributed by atoms with Crippen molar-refractivity contribution in [1.29, 1.82) is 0 Å². The van der Waals surface area contributed by atoms with Gasteiger partial charge in [-0.1, -0.05) is 12.5 Å². The van der Waals surface area contributed by atoms with Gasteiger partial charge in [0, 0.05) is 0 Å². The molecule has 0 saturated carbocycles. The molecule has 0 radical (unpaired) electrons. The van der Waals surface area contributed by atoms with Crippen LogP contribution in [0.4, 0.5) is 0 Å². The lowest BCUT2D eigenvalue weighted by molar-refractivity contribution is 0.00458. The van der Waals surface area contributed by atoms with E-state index in [-0.39, 0.29) is 12.8 Å². The molecule has 0 spiro atoms. The molecular formula is C16H20O5S. The minimum atomic E-state index is -3.08. The van der Waals surface area contributed by atoms with E-state index in [1.807, 2.05) is 12.1 Å². The van der Waals surface area contributed by atoms with Gasteiger partial charge in [0.1, 0.15) is 13.2 Å². The van der Waals surface area contributed by atoms with Gasteiger partial charge < -0.3 is 14.6 Å². The highest BCUT2D eigenvalue weighted by Gasteiger charge is 2.51. The minimum Gasteiger partial charge on any atom is -0.486 e. The van der Waals surface area contributed by atoms with Gasteiger partial charge in [-0.2, -0.15) is 0 Å². The molecule has 0 aliphatic carbocycles. The van der Waals surface area contributed by atoms with Crippen LogP contribution < -0.4 is 9.47 Å². The van der Waals surface area contributed by atoms with Crippen LogP contribution in [0.15, 0.2) is 18.2 Å². The molecule has 5 nitrogen and oxygen atoms in total. The first-order chi connectivity index (χ1) is 10.5. The fourth-order valence-electron chi connectivity index (χ4n) is 4.02. The summed E-state index contributed by atoms with van der Waals surface area (Å²) in [5.74, 6) is 1.32. The number of aliphatic hydroxyl groups is 1. The molecule has 22 heavy (non-hydrogen) atoms. The lowest BCUT2D eigenvalue weighted by Gasteiger charge is -2.44. The van der Waals surface area contributed by atoms with E-state index >= 15 is 0 Å². The fourth-order valence-corrected chi connectivity index (χ4v) is 6.57. The zero-order valence-electron chi connectivity index (χ0n) is 12.3. The SMILES string of the molecule is O=S1(=O)C2CCCC1CC(O)(c1ccc3c(c1)OCCO3)C2. The summed E-state index contributed by atoms with van der Waals surface area (Å²) >= 11 is 0. The molecule has 0 amide bonds. The number of fused-ring (bicyclic) bond motifs is 3. The molecule has 0 aromatic heterocycles. The van der Waals surface area contributed by atoms with Crippen LogP contribution >= 0.6 is 0 Å². The number of benzene rings is 1. The number of hydrogen-bond donors (Lipinski definition) is 1. The molecule has 1 N–H and O–H groups in total. The van der Waals surface area contributed by atoms with Crippen LogP contribution in [0, 0.1) is 0 Å². The van der Waals surface area contributed by atoms with E-state index in [1.54, 1.807) is 6.07 Å². The van der Waals surface area contributed by atoms with Gasteiger partial charge in [0.25, 0.3) is 0 Å². The predicted octanol–water partition coefficient (Wildman–Crippen LogP) is 1.78. The molecular weight excluding hydrogens is 304 g/mol. The predicted molar refractivity (Wildman–Crippen MR) is 80.9 cm³/mol. The third kappa shape index (κ3) is 2.12. The van der Waals surface area contributed by atoms with Crippen LogP contribution in [-0.4, -0.2) is 37.2 Å². The summed E-state index contributed by atoms with van der Waals surface area (Å²) < 4.78 is 35.9. The highest BCUT2D eigenvalue weighted by Crippen LogP contribution is 2.47. The Bertz CT molecular complexity index is 676. The Morgan fingerprint density at radius 1 is 1.05 bits per heavy atom. The number of rotatable bonds is 1. The Morgan fingerprint density at radius 3 is 2.36 bits per heavy atom. The van der Waals surface area contributed by atoms with Crippen molar-refractivity contribution in [2.75, 3.05) is 13.2 Å². The van der Waals surface area contributed by atoms with Crippen LogP contribution in [0.5, 0.6) is 11.5 Å². The molecule has 3 heterocycles. The van der Waals surface area contributed by atoms with E-state index in [2.05, 4.69) is 0 Å². The van der Waals surface area contributed by atoms with Gasteiger partial charge in [-0.15, -0.1) is 0 Å². The van der Waals surface area contributed by atoms with Crippen LogP contribution in [0.3, 0.4) is 0 Å². The summed E-state index contributed by atoms with van der Waals surface area (Å²) in [7, 11) is -3.08. The molecule has 4 rings (SSSR count). The molecule has 1 aromatic rings. The van der Waals surface area contributed by atoms with Crippen molar-refractivity contribution < 1.29 is 23.0 Å². The summed E-state index contributed by atoms with van der Waals surface area (Å²) in [5, 5.41) is 10.3. The zero-order valence-corrected chi connectivity index (χ0v) is 13.1. The number of ether oxygens (including phenoxy) is 2. The topological polar surface area (TPSA) is 72.8 Å². The Labute approximate surface area is 130 Å². The van der Waals surface area contributed by atoms with Crippen molar-refractivity contribution in [3.8, 4) is 11.5 Å². The Hall–Kier alpha value is -1.27. The Kier molecular flexibility index (Phi) is 3.17. The summed E-state index contributed by atoms with van der Waals surface area (Å²) in [6, 6.07) is 5.45. The van der Waals surface area contributed by atoms with Gasteiger partial charge in [0.2, 0.25) is 0 Å². The van der Waals surface area contributed by atoms with Gasteiger partial charge >= 0.3 is 0 Å². The first-order valence-electron chi connectivity index (χ1n) is 7.84. The van der Waals surface area contributed by atoms with Crippen molar-refractivity contribution in [3.05, 3.63) is 23.8 Å². The van der Waals surface area contributed by atoms with Crippen molar-refractivity contribution in [3.63, 3.8) is 0 Å². The maximum atomic E-state index is 12.4. The minimum absolute atomic E-state index is 0.283. The standard InChI is InChI=1S/C16H20O5S/c17-16(9-12-2-1-3-13(10-16)22(12,18)19)11-4-5-14-15(8-11)21-7-6-20-14/h4-5,8,12-13,17H,1-3,6-7,9-10H2. The van der Waals surface area contributed by atoms with Crippen LogP contribution in [0.1, 0.15) is 37.7 Å². The summed E-state index contributed by atoms with van der Waals surface area (Å²) in [5.41, 5.74) is -0.347. The van der Waals surface area contributed by atoms with Crippen molar-refractivity contribution in [2.24, 2.45) is 0 Å². The van der Waals surface area contributed by atoms with E-state index in [0.717, 1.165) is 12.0 Å². The van der Waals surface area contributed by atoms with E-state index in [9.17, 15) is 13.5 Å². The molecule has 2 atom stereocenters. The highest BCUT2D eigenvalue weighted by atomic mass is 32.2. The van der Waals surface area contributed by atoms with Crippen LogP contribution in [-0.2, 0) is 15.4 Å². The molecule has 6 heteroatoms. The summed E-state index contributed by atoms with van der Waals surface area (Å²) in [4.78, 5) is 0. The maximum Gasteiger partial charge on any atom is 0.161 e. The van der Waals surface area contributed by atoms with Gasteiger partial charge in [-0.05, 0) is 43.4 Å². The second kappa shape index (κ2) is 4.86. The highest BCUT2D eigenvalue weighted by molar-refractivity contribution is 7.92. The number of sulfone groups is 1. The van der Waals surface area contributed by atoms with Crippen LogP contribution in [0.25, 0.3) is 0 Å². The van der Waals surface area contributed by atoms with E-state index in [0.29, 0.717) is 37.6 Å². The van der Waals surface area contributed by atoms with E-state index in [1.165, 1.54) is 0 Å². The average Bonchev–Trinajstić information content (AvgIpc) is 2.48. The van der Waals surface area contributed by atoms with Gasteiger partial charge in [0.05, 0.1) is 16.1 Å². The summed E-state index contributed by atoms with van der Waals surface area (Å²) in [6.07, 6.45) is 2.82.